The Labute approximate surface area is 229 Å². The Kier molecular flexibility index (Phi) is 14.5. The number of ether oxygens (including phenoxy) is 2. The maximum absolute atomic E-state index is 11.1. The van der Waals surface area contributed by atoms with Gasteiger partial charge in [-0.2, -0.15) is 0 Å². The molecular weight excluding hydrogens is 545 g/mol. The van der Waals surface area contributed by atoms with E-state index in [0.29, 0.717) is 37.9 Å². The Balaban J connectivity index is 0.000000299. The van der Waals surface area contributed by atoms with Gasteiger partial charge >= 0.3 is 0 Å². The van der Waals surface area contributed by atoms with E-state index in [1.807, 2.05) is 60.7 Å². The number of aliphatic carboxylic acids is 1. The smallest absolute Gasteiger partial charge is 0.300 e. The van der Waals surface area contributed by atoms with Gasteiger partial charge in [-0.25, -0.2) is 0 Å². The van der Waals surface area contributed by atoms with Crippen LogP contribution in [-0.4, -0.2) is 40.2 Å². The Morgan fingerprint density at radius 3 is 1.69 bits per heavy atom. The van der Waals surface area contributed by atoms with Crippen molar-refractivity contribution >= 4 is 40.7 Å². The summed E-state index contributed by atoms with van der Waals surface area (Å²) in [5.74, 6) is -0.166. The van der Waals surface area contributed by atoms with Gasteiger partial charge in [0.1, 0.15) is 5.78 Å². The largest absolute Gasteiger partial charge is 0.481 e. The number of carbonyl (C=O) groups is 3. The third-order valence-electron chi connectivity index (χ3n) is 5.24. The Bertz CT molecular complexity index is 912. The third-order valence-corrected chi connectivity index (χ3v) is 6.28. The van der Waals surface area contributed by atoms with E-state index in [1.54, 1.807) is 0 Å². The molecule has 35 heavy (non-hydrogen) atoms. The quantitative estimate of drug-likeness (QED) is 0.343. The van der Waals surface area contributed by atoms with Gasteiger partial charge in [-0.3, -0.25) is 14.4 Å². The fourth-order valence-corrected chi connectivity index (χ4v) is 3.70. The van der Waals surface area contributed by atoms with Gasteiger partial charge in [0.15, 0.2) is 10.1 Å². The monoisotopic (exact) mass is 572 g/mol. The molecule has 1 unspecified atom stereocenters. The molecule has 2 aromatic carbocycles. The van der Waals surface area contributed by atoms with Gasteiger partial charge in [0, 0.05) is 51.6 Å². The fraction of sp³-hybridized carbons (Fsp3) is 0.423. The molecule has 186 valence electrons. The molecule has 6 nitrogen and oxygen atoms in total. The van der Waals surface area contributed by atoms with Gasteiger partial charge < -0.3 is 14.6 Å². The molecule has 0 aromatic heterocycles. The fourth-order valence-electron chi connectivity index (χ4n) is 3.26. The molecule has 2 fully saturated rings. The first-order valence-corrected chi connectivity index (χ1v) is 11.8. The van der Waals surface area contributed by atoms with Crippen molar-refractivity contribution in [3.63, 3.8) is 0 Å². The van der Waals surface area contributed by atoms with E-state index in [0.717, 1.165) is 31.9 Å². The zero-order valence-electron chi connectivity index (χ0n) is 19.8. The maximum Gasteiger partial charge on any atom is 0.300 e. The van der Waals surface area contributed by atoms with Crippen molar-refractivity contribution in [2.24, 2.45) is 11.8 Å². The minimum absolute atomic E-state index is 0. The molecule has 2 aliphatic rings. The summed E-state index contributed by atoms with van der Waals surface area (Å²) < 4.78 is 9.78. The minimum Gasteiger partial charge on any atom is -0.481 e. The number of alkyl halides is 2. The first kappa shape index (κ1) is 31.4. The number of rotatable bonds is 8. The van der Waals surface area contributed by atoms with Crippen LogP contribution >= 0.6 is 23.2 Å². The molecule has 0 aliphatic heterocycles. The van der Waals surface area contributed by atoms with Gasteiger partial charge in [-0.15, -0.1) is 0 Å². The Morgan fingerprint density at radius 1 is 0.886 bits per heavy atom. The number of Topliss-reactive ketones (excluding diaryl/α,β-unsaturated/α-hetero) is 2. The standard InChI is InChI=1S/C12H12Cl2O2.C12H14O2.C2H4O2.Zn/c13-12(14)10(6-11(12)15)8-16-7-9-4-2-1-3-5-9;13-12-6-11(7-12)9-14-8-10-4-2-1-3-5-10;1-2(3)4;/h1-5,10H,6-8H2;1-5,11H,6-9H2;1H3,(H,3,4);. The van der Waals surface area contributed by atoms with E-state index >= 15 is 0 Å². The topological polar surface area (TPSA) is 89.9 Å². The van der Waals surface area contributed by atoms with Crippen molar-refractivity contribution in [3.8, 4) is 0 Å². The third kappa shape index (κ3) is 11.8. The van der Waals surface area contributed by atoms with Crippen LogP contribution in [0.3, 0.4) is 0 Å². The molecule has 0 amide bonds. The number of hydrogen-bond donors (Lipinski definition) is 1. The average Bonchev–Trinajstić information content (AvgIpc) is 2.79. The molecule has 0 spiro atoms. The Morgan fingerprint density at radius 2 is 1.31 bits per heavy atom. The molecule has 1 atom stereocenters. The second-order valence-corrected chi connectivity index (χ2v) is 9.67. The van der Waals surface area contributed by atoms with E-state index in [9.17, 15) is 9.59 Å². The molecule has 9 heteroatoms. The number of carbonyl (C=O) groups excluding carboxylic acids is 2. The number of carboxylic acid groups (broad SMARTS) is 1. The summed E-state index contributed by atoms with van der Waals surface area (Å²) in [5, 5.41) is 7.42. The van der Waals surface area contributed by atoms with Gasteiger partial charge in [-0.05, 0) is 17.0 Å². The summed E-state index contributed by atoms with van der Waals surface area (Å²) in [6, 6.07) is 19.9. The zero-order valence-corrected chi connectivity index (χ0v) is 24.3. The van der Waals surface area contributed by atoms with Crippen LogP contribution in [0, 0.1) is 11.8 Å². The van der Waals surface area contributed by atoms with E-state index < -0.39 is 10.3 Å². The van der Waals surface area contributed by atoms with Crippen molar-refractivity contribution in [3.05, 3.63) is 71.8 Å². The molecule has 2 aliphatic carbocycles. The first-order valence-electron chi connectivity index (χ1n) is 11.0. The van der Waals surface area contributed by atoms with E-state index in [1.165, 1.54) is 5.56 Å². The second-order valence-electron chi connectivity index (χ2n) is 8.28. The van der Waals surface area contributed by atoms with Crippen molar-refractivity contribution in [1.29, 1.82) is 0 Å². The van der Waals surface area contributed by atoms with Crippen LogP contribution in [0.5, 0.6) is 0 Å². The van der Waals surface area contributed by atoms with Crippen LogP contribution in [-0.2, 0) is 56.5 Å². The van der Waals surface area contributed by atoms with E-state index in [4.69, 9.17) is 42.6 Å². The van der Waals surface area contributed by atoms with Crippen molar-refractivity contribution in [2.75, 3.05) is 13.2 Å². The van der Waals surface area contributed by atoms with E-state index in [-0.39, 0.29) is 31.2 Å². The second kappa shape index (κ2) is 16.2. The molecule has 0 saturated heterocycles. The van der Waals surface area contributed by atoms with Crippen LogP contribution in [0.15, 0.2) is 60.7 Å². The van der Waals surface area contributed by atoms with Crippen LogP contribution in [0.2, 0.25) is 0 Å². The maximum atomic E-state index is 11.1. The van der Waals surface area contributed by atoms with Crippen molar-refractivity contribution in [1.82, 2.24) is 0 Å². The van der Waals surface area contributed by atoms with Gasteiger partial charge in [0.25, 0.3) is 5.97 Å². The number of hydrogen-bond acceptors (Lipinski definition) is 5. The molecule has 2 aromatic rings. The summed E-state index contributed by atoms with van der Waals surface area (Å²) in [6.07, 6.45) is 1.85. The van der Waals surface area contributed by atoms with E-state index in [2.05, 4.69) is 0 Å². The molecule has 2 saturated carbocycles. The average molecular weight is 575 g/mol. The van der Waals surface area contributed by atoms with Crippen LogP contribution in [0.1, 0.15) is 37.3 Å². The number of benzene rings is 2. The number of halogens is 2. The first-order chi connectivity index (χ1) is 16.2. The van der Waals surface area contributed by atoms with Crippen molar-refractivity contribution < 1.29 is 48.4 Å². The summed E-state index contributed by atoms with van der Waals surface area (Å²) in [4.78, 5) is 30.8. The van der Waals surface area contributed by atoms with Crippen LogP contribution in [0.25, 0.3) is 0 Å². The summed E-state index contributed by atoms with van der Waals surface area (Å²) in [5.41, 5.74) is 2.29. The summed E-state index contributed by atoms with van der Waals surface area (Å²) in [7, 11) is 0. The van der Waals surface area contributed by atoms with Crippen LogP contribution < -0.4 is 0 Å². The van der Waals surface area contributed by atoms with Gasteiger partial charge in [-0.1, -0.05) is 83.9 Å². The normalized spacial score (nSPS) is 17.9. The molecular formula is C26H30Cl2O6Zn. The van der Waals surface area contributed by atoms with Crippen LogP contribution in [0.4, 0.5) is 0 Å². The molecule has 0 radical (unpaired) electrons. The molecule has 0 bridgehead atoms. The summed E-state index contributed by atoms with van der Waals surface area (Å²) in [6.45, 7) is 3.41. The molecule has 4 rings (SSSR count). The molecule has 1 N–H and O–H groups in total. The summed E-state index contributed by atoms with van der Waals surface area (Å²) >= 11 is 11.7. The predicted octanol–water partition coefficient (Wildman–Crippen LogP) is 5.24. The predicted molar refractivity (Wildman–Crippen MR) is 131 cm³/mol. The van der Waals surface area contributed by atoms with Gasteiger partial charge in [0.2, 0.25) is 0 Å². The zero-order chi connectivity index (χ0) is 25.0. The minimum atomic E-state index is -1.23. The number of carboxylic acids is 1. The Hall–Kier alpha value is -1.63. The molecule has 0 heterocycles. The van der Waals surface area contributed by atoms with Crippen molar-refractivity contribution in [2.45, 2.75) is 43.7 Å². The van der Waals surface area contributed by atoms with Gasteiger partial charge in [0.05, 0.1) is 26.4 Å². The number of ketones is 2. The SMILES string of the molecule is CC(=O)O.O=C1CC(COCc2ccccc2)C1.O=C1CC(COCc2ccccc2)C1(Cl)Cl.[Zn].